The lowest BCUT2D eigenvalue weighted by atomic mass is 10.0. The van der Waals surface area contributed by atoms with Gasteiger partial charge in [-0.2, -0.15) is 0 Å². The molecular formula is C28H42N6O. The van der Waals surface area contributed by atoms with Gasteiger partial charge in [0.1, 0.15) is 23.2 Å². The number of ether oxygens (including phenoxy) is 1. The average Bonchev–Trinajstić information content (AvgIpc) is 3.22. The highest BCUT2D eigenvalue weighted by Gasteiger charge is 2.31. The molecule has 1 fully saturated rings. The Labute approximate surface area is 210 Å². The van der Waals surface area contributed by atoms with Gasteiger partial charge in [-0.1, -0.05) is 43.7 Å². The van der Waals surface area contributed by atoms with E-state index in [0.29, 0.717) is 18.1 Å². The predicted octanol–water partition coefficient (Wildman–Crippen LogP) is 4.70. The van der Waals surface area contributed by atoms with Crippen molar-refractivity contribution in [1.82, 2.24) is 30.1 Å². The Bertz CT molecular complexity index is 1060. The van der Waals surface area contributed by atoms with Gasteiger partial charge in [0.2, 0.25) is 0 Å². The number of piperazine rings is 1. The van der Waals surface area contributed by atoms with Crippen LogP contribution in [-0.4, -0.2) is 58.2 Å². The number of nitrogens with zero attached hydrogens (tertiary/aromatic N) is 4. The number of fused-ring (bicyclic) bond motifs is 1. The predicted molar refractivity (Wildman–Crippen MR) is 143 cm³/mol. The molecule has 1 aliphatic heterocycles. The molecule has 2 aromatic heterocycles. The van der Waals surface area contributed by atoms with E-state index >= 15 is 0 Å². The molecule has 0 amide bonds. The average molecular weight is 479 g/mol. The maximum Gasteiger partial charge on any atom is 0.160 e. The number of hydrogen-bond donors (Lipinski definition) is 2. The maximum atomic E-state index is 6.48. The largest absolute Gasteiger partial charge is 0.484 e. The van der Waals surface area contributed by atoms with Crippen molar-refractivity contribution in [2.45, 2.75) is 77.7 Å². The lowest BCUT2D eigenvalue weighted by Crippen LogP contribution is -2.55. The fourth-order valence-electron chi connectivity index (χ4n) is 5.41. The minimum atomic E-state index is -0.0349. The summed E-state index contributed by atoms with van der Waals surface area (Å²) in [5, 5.41) is 6.91. The molecule has 2 N–H and O–H groups in total. The monoisotopic (exact) mass is 478 g/mol. The van der Waals surface area contributed by atoms with Crippen LogP contribution >= 0.6 is 0 Å². The molecule has 4 atom stereocenters. The second-order valence-electron chi connectivity index (χ2n) is 9.86. The van der Waals surface area contributed by atoms with E-state index in [1.54, 1.807) is 0 Å². The number of aromatic nitrogens is 3. The molecule has 1 saturated heterocycles. The highest BCUT2D eigenvalue weighted by molar-refractivity contribution is 5.73. The van der Waals surface area contributed by atoms with Gasteiger partial charge >= 0.3 is 0 Å². The van der Waals surface area contributed by atoms with Crippen molar-refractivity contribution in [3.63, 3.8) is 0 Å². The van der Waals surface area contributed by atoms with Crippen LogP contribution in [0.3, 0.4) is 0 Å². The minimum Gasteiger partial charge on any atom is -0.484 e. The number of imidazole rings is 1. The zero-order valence-corrected chi connectivity index (χ0v) is 22.0. The molecule has 0 aliphatic carbocycles. The quantitative estimate of drug-likeness (QED) is 0.416. The molecule has 3 heterocycles. The molecule has 3 aromatic rings. The maximum absolute atomic E-state index is 6.48. The van der Waals surface area contributed by atoms with Crippen LogP contribution in [-0.2, 0) is 6.54 Å². The number of hydrogen-bond acceptors (Lipinski definition) is 6. The zero-order chi connectivity index (χ0) is 24.8. The van der Waals surface area contributed by atoms with Gasteiger partial charge in [0, 0.05) is 44.2 Å². The van der Waals surface area contributed by atoms with Crippen LogP contribution in [0.4, 0.5) is 0 Å². The summed E-state index contributed by atoms with van der Waals surface area (Å²) in [7, 11) is 1.97. The van der Waals surface area contributed by atoms with Crippen LogP contribution in [0, 0.1) is 0 Å². The van der Waals surface area contributed by atoms with E-state index in [9.17, 15) is 0 Å². The Hall–Kier alpha value is -2.48. The summed E-state index contributed by atoms with van der Waals surface area (Å²) in [4.78, 5) is 12.6. The smallest absolute Gasteiger partial charge is 0.160 e. The Morgan fingerprint density at radius 2 is 1.86 bits per heavy atom. The number of aryl methyl sites for hydroxylation is 1. The van der Waals surface area contributed by atoms with Crippen LogP contribution < -0.4 is 15.4 Å². The highest BCUT2D eigenvalue weighted by Crippen LogP contribution is 2.32. The minimum absolute atomic E-state index is 0.0349. The number of benzene rings is 1. The van der Waals surface area contributed by atoms with Crippen molar-refractivity contribution < 1.29 is 4.74 Å². The van der Waals surface area contributed by atoms with Crippen molar-refractivity contribution in [1.29, 1.82) is 0 Å². The van der Waals surface area contributed by atoms with Crippen LogP contribution in [0.5, 0.6) is 5.75 Å². The van der Waals surface area contributed by atoms with E-state index < -0.39 is 0 Å². The van der Waals surface area contributed by atoms with Crippen molar-refractivity contribution in [3.05, 3.63) is 54.0 Å². The van der Waals surface area contributed by atoms with Crippen molar-refractivity contribution in [2.75, 3.05) is 26.7 Å². The van der Waals surface area contributed by atoms with Gasteiger partial charge in [-0.05, 0) is 46.3 Å². The van der Waals surface area contributed by atoms with Crippen LogP contribution in [0.25, 0.3) is 11.2 Å². The lowest BCUT2D eigenvalue weighted by molar-refractivity contribution is 0.110. The van der Waals surface area contributed by atoms with Gasteiger partial charge in [0.05, 0.1) is 12.2 Å². The van der Waals surface area contributed by atoms with Gasteiger partial charge in [-0.25, -0.2) is 9.97 Å². The molecule has 1 aromatic carbocycles. The first-order valence-corrected chi connectivity index (χ1v) is 13.3. The van der Waals surface area contributed by atoms with E-state index in [0.717, 1.165) is 68.2 Å². The molecular weight excluding hydrogens is 436 g/mol. The molecule has 0 bridgehead atoms. The summed E-state index contributed by atoms with van der Waals surface area (Å²) in [5.41, 5.74) is 3.03. The van der Waals surface area contributed by atoms with Crippen LogP contribution in [0.1, 0.15) is 70.5 Å². The molecule has 0 spiro atoms. The summed E-state index contributed by atoms with van der Waals surface area (Å²) in [6.07, 6.45) is 4.92. The molecule has 7 heteroatoms. The zero-order valence-electron chi connectivity index (χ0n) is 22.0. The van der Waals surface area contributed by atoms with Crippen LogP contribution in [0.15, 0.2) is 42.6 Å². The fraction of sp³-hybridized carbons (Fsp3) is 0.571. The molecule has 1 aliphatic rings. The molecule has 0 saturated carbocycles. The third-order valence-electron chi connectivity index (χ3n) is 6.90. The first-order chi connectivity index (χ1) is 17.0. The van der Waals surface area contributed by atoms with Crippen molar-refractivity contribution >= 4 is 11.2 Å². The van der Waals surface area contributed by atoms with E-state index in [-0.39, 0.29) is 6.10 Å². The molecule has 7 nitrogen and oxygen atoms in total. The summed E-state index contributed by atoms with van der Waals surface area (Å²) >= 11 is 0. The first kappa shape index (κ1) is 25.6. The van der Waals surface area contributed by atoms with E-state index in [2.05, 4.69) is 78.1 Å². The third-order valence-corrected chi connectivity index (χ3v) is 6.90. The van der Waals surface area contributed by atoms with Crippen LogP contribution in [0.2, 0.25) is 0 Å². The Kier molecular flexibility index (Phi) is 8.76. The Morgan fingerprint density at radius 1 is 1.11 bits per heavy atom. The van der Waals surface area contributed by atoms with Gasteiger partial charge in [0.25, 0.3) is 0 Å². The fourth-order valence-corrected chi connectivity index (χ4v) is 5.41. The van der Waals surface area contributed by atoms with E-state index in [1.165, 1.54) is 5.56 Å². The number of rotatable bonds is 11. The summed E-state index contributed by atoms with van der Waals surface area (Å²) < 4.78 is 8.77. The van der Waals surface area contributed by atoms with E-state index in [1.807, 2.05) is 19.3 Å². The SMILES string of the molecule is CCC[C@@H](c1nc2cc(O[C@@H](CCNC)c3ccccc3)cnc2n1CC)N1C[C@@H](C)N[C@@H](C)C1. The molecule has 0 unspecified atom stereocenters. The summed E-state index contributed by atoms with van der Waals surface area (Å²) in [6, 6.07) is 13.7. The highest BCUT2D eigenvalue weighted by atomic mass is 16.5. The molecule has 4 rings (SSSR count). The van der Waals surface area contributed by atoms with E-state index in [4.69, 9.17) is 14.7 Å². The first-order valence-electron chi connectivity index (χ1n) is 13.3. The summed E-state index contributed by atoms with van der Waals surface area (Å²) in [6.45, 7) is 12.8. The summed E-state index contributed by atoms with van der Waals surface area (Å²) in [5.74, 6) is 1.90. The topological polar surface area (TPSA) is 67.2 Å². The molecule has 0 radical (unpaired) electrons. The Balaban J connectivity index is 1.65. The molecule has 190 valence electrons. The normalized spacial score (nSPS) is 20.7. The van der Waals surface area contributed by atoms with Crippen molar-refractivity contribution in [3.8, 4) is 5.75 Å². The second-order valence-corrected chi connectivity index (χ2v) is 9.86. The lowest BCUT2D eigenvalue weighted by Gasteiger charge is -2.40. The van der Waals surface area contributed by atoms with Crippen molar-refractivity contribution in [2.24, 2.45) is 0 Å². The van der Waals surface area contributed by atoms with Gasteiger partial charge in [-0.15, -0.1) is 0 Å². The second kappa shape index (κ2) is 12.0. The van der Waals surface area contributed by atoms with Gasteiger partial charge in [-0.3, -0.25) is 4.90 Å². The van der Waals surface area contributed by atoms with Gasteiger partial charge in [0.15, 0.2) is 5.65 Å². The Morgan fingerprint density at radius 3 is 2.51 bits per heavy atom. The number of pyridine rings is 1. The van der Waals surface area contributed by atoms with Gasteiger partial charge < -0.3 is 19.9 Å². The third kappa shape index (κ3) is 6.02. The standard InChI is InChI=1S/C28H42N6O/c1-6-11-25(33-18-20(3)31-21(4)19-33)28-32-24-16-23(17-30-27(24)34(28)7-2)35-26(14-15-29-5)22-12-9-8-10-13-22/h8-10,12-13,16-17,20-21,25-26,29,31H,6-7,11,14-15,18-19H2,1-5H3/t20-,21+,25-,26-/m0/s1. The number of nitrogens with one attached hydrogen (secondary N) is 2. The molecule has 35 heavy (non-hydrogen) atoms.